The summed E-state index contributed by atoms with van der Waals surface area (Å²) < 4.78 is 0. The van der Waals surface area contributed by atoms with Gasteiger partial charge in [0.15, 0.2) is 0 Å². The van der Waals surface area contributed by atoms with Gasteiger partial charge in [0.2, 0.25) is 0 Å². The van der Waals surface area contributed by atoms with Gasteiger partial charge in [0.1, 0.15) is 0 Å². The average molecular weight is 265 g/mol. The lowest BCUT2D eigenvalue weighted by Gasteiger charge is -2.18. The van der Waals surface area contributed by atoms with Crippen LogP contribution in [0.25, 0.3) is 0 Å². The second-order valence-corrected chi connectivity index (χ2v) is 7.07. The molecule has 1 aliphatic carbocycles. The number of hydrogen-bond donors (Lipinski definition) is 1. The van der Waals surface area contributed by atoms with Crippen molar-refractivity contribution in [3.8, 4) is 0 Å². The number of amides is 1. The summed E-state index contributed by atoms with van der Waals surface area (Å²) in [4.78, 5) is 16.7. The smallest absolute Gasteiger partial charge is 0.254 e. The Morgan fingerprint density at radius 3 is 2.78 bits per heavy atom. The molecule has 1 aliphatic heterocycles. The Hall–Kier alpha value is -0.870. The molecule has 2 heterocycles. The van der Waals surface area contributed by atoms with E-state index in [9.17, 15) is 9.90 Å². The Morgan fingerprint density at radius 1 is 1.39 bits per heavy atom. The first-order valence-corrected chi connectivity index (χ1v) is 7.42. The topological polar surface area (TPSA) is 40.5 Å². The second-order valence-electron chi connectivity index (χ2n) is 5.61. The van der Waals surface area contributed by atoms with E-state index in [2.05, 4.69) is 0 Å². The van der Waals surface area contributed by atoms with Crippen molar-refractivity contribution in [3.63, 3.8) is 0 Å². The largest absolute Gasteiger partial charge is 0.393 e. The molecule has 1 N–H and O–H groups in total. The maximum Gasteiger partial charge on any atom is 0.254 e. The highest BCUT2D eigenvalue weighted by Gasteiger charge is 2.43. The molecule has 3 atom stereocenters. The van der Waals surface area contributed by atoms with E-state index in [-0.39, 0.29) is 12.0 Å². The van der Waals surface area contributed by atoms with E-state index >= 15 is 0 Å². The molecular weight excluding hydrogens is 246 g/mol. The van der Waals surface area contributed by atoms with Gasteiger partial charge in [-0.15, -0.1) is 11.3 Å². The molecule has 0 bridgehead atoms. The molecule has 2 fully saturated rings. The summed E-state index contributed by atoms with van der Waals surface area (Å²) >= 11 is 1.68. The molecule has 3 nitrogen and oxygen atoms in total. The van der Waals surface area contributed by atoms with Gasteiger partial charge in [0.25, 0.3) is 5.91 Å². The van der Waals surface area contributed by atoms with Crippen LogP contribution in [0.1, 0.15) is 33.0 Å². The van der Waals surface area contributed by atoms with Gasteiger partial charge in [-0.1, -0.05) is 0 Å². The number of thiophene rings is 1. The van der Waals surface area contributed by atoms with E-state index in [1.807, 2.05) is 24.8 Å². The first-order valence-electron chi connectivity index (χ1n) is 6.60. The molecule has 3 rings (SSSR count). The zero-order chi connectivity index (χ0) is 12.9. The summed E-state index contributed by atoms with van der Waals surface area (Å²) in [6.45, 7) is 5.61. The summed E-state index contributed by atoms with van der Waals surface area (Å²) in [5.41, 5.74) is 0.854. The molecule has 0 spiro atoms. The highest BCUT2D eigenvalue weighted by molar-refractivity contribution is 7.12. The van der Waals surface area contributed by atoms with E-state index in [0.29, 0.717) is 11.8 Å². The Morgan fingerprint density at radius 2 is 2.17 bits per heavy atom. The number of rotatable bonds is 1. The number of carbonyl (C=O) groups is 1. The molecule has 1 saturated carbocycles. The summed E-state index contributed by atoms with van der Waals surface area (Å²) in [6.07, 6.45) is 1.78. The highest BCUT2D eigenvalue weighted by Crippen LogP contribution is 2.38. The van der Waals surface area contributed by atoms with E-state index in [4.69, 9.17) is 0 Å². The Labute approximate surface area is 111 Å². The lowest BCUT2D eigenvalue weighted by atomic mass is 10.00. The summed E-state index contributed by atoms with van der Waals surface area (Å²) in [7, 11) is 0. The summed E-state index contributed by atoms with van der Waals surface area (Å²) in [6, 6.07) is 1.99. The van der Waals surface area contributed by atoms with Crippen molar-refractivity contribution < 1.29 is 9.90 Å². The van der Waals surface area contributed by atoms with Gasteiger partial charge in [0, 0.05) is 28.8 Å². The number of aliphatic hydroxyl groups excluding tert-OH is 1. The Bertz CT molecular complexity index is 482. The molecule has 0 radical (unpaired) electrons. The van der Waals surface area contributed by atoms with Crippen LogP contribution < -0.4 is 0 Å². The van der Waals surface area contributed by atoms with Gasteiger partial charge in [-0.05, 0) is 38.7 Å². The van der Waals surface area contributed by atoms with Crippen LogP contribution in [0, 0.1) is 25.7 Å². The van der Waals surface area contributed by atoms with E-state index in [0.717, 1.165) is 36.4 Å². The standard InChI is InChI=1S/C14H19NO2S/c1-8-5-11(9(2)18-8)14(17)15-6-10-3-4-13(16)12(10)7-15/h5,10,12-13,16H,3-4,6-7H2,1-2H3. The third-order valence-corrected chi connectivity index (χ3v) is 5.34. The molecule has 18 heavy (non-hydrogen) atoms. The van der Waals surface area contributed by atoms with E-state index in [1.165, 1.54) is 4.88 Å². The first-order chi connectivity index (χ1) is 8.56. The zero-order valence-electron chi connectivity index (χ0n) is 10.8. The predicted molar refractivity (Wildman–Crippen MR) is 71.9 cm³/mol. The highest BCUT2D eigenvalue weighted by atomic mass is 32.1. The molecule has 1 amide bonds. The van der Waals surface area contributed by atoms with Crippen molar-refractivity contribution in [1.29, 1.82) is 0 Å². The van der Waals surface area contributed by atoms with Crippen molar-refractivity contribution >= 4 is 17.2 Å². The summed E-state index contributed by atoms with van der Waals surface area (Å²) in [5.74, 6) is 0.983. The quantitative estimate of drug-likeness (QED) is 0.845. The van der Waals surface area contributed by atoms with Crippen LogP contribution in [-0.4, -0.2) is 35.1 Å². The van der Waals surface area contributed by atoms with E-state index < -0.39 is 0 Å². The molecule has 1 saturated heterocycles. The number of fused-ring (bicyclic) bond motifs is 1. The fourth-order valence-electron chi connectivity index (χ4n) is 3.42. The number of aryl methyl sites for hydroxylation is 2. The minimum Gasteiger partial charge on any atom is -0.393 e. The minimum atomic E-state index is -0.196. The maximum absolute atomic E-state index is 12.5. The van der Waals surface area contributed by atoms with Gasteiger partial charge in [-0.2, -0.15) is 0 Å². The average Bonchev–Trinajstić information content (AvgIpc) is 2.96. The lowest BCUT2D eigenvalue weighted by molar-refractivity contribution is 0.0752. The van der Waals surface area contributed by atoms with Crippen molar-refractivity contribution in [1.82, 2.24) is 4.90 Å². The van der Waals surface area contributed by atoms with Crippen molar-refractivity contribution in [2.24, 2.45) is 11.8 Å². The van der Waals surface area contributed by atoms with Crippen molar-refractivity contribution in [2.45, 2.75) is 32.8 Å². The molecule has 2 aliphatic rings. The van der Waals surface area contributed by atoms with Crippen LogP contribution >= 0.6 is 11.3 Å². The lowest BCUT2D eigenvalue weighted by Crippen LogP contribution is -2.31. The maximum atomic E-state index is 12.5. The van der Waals surface area contributed by atoms with Crippen LogP contribution in [0.4, 0.5) is 0 Å². The fraction of sp³-hybridized carbons (Fsp3) is 0.643. The summed E-state index contributed by atoms with van der Waals surface area (Å²) in [5, 5.41) is 9.89. The molecule has 3 unspecified atom stereocenters. The van der Waals surface area contributed by atoms with Crippen LogP contribution in [-0.2, 0) is 0 Å². The number of hydrogen-bond acceptors (Lipinski definition) is 3. The minimum absolute atomic E-state index is 0.151. The number of aliphatic hydroxyl groups is 1. The fourth-order valence-corrected chi connectivity index (χ4v) is 4.33. The Balaban J connectivity index is 1.77. The first kappa shape index (κ1) is 12.2. The van der Waals surface area contributed by atoms with Crippen LogP contribution in [0.5, 0.6) is 0 Å². The van der Waals surface area contributed by atoms with Crippen molar-refractivity contribution in [2.75, 3.05) is 13.1 Å². The molecule has 1 aromatic heterocycles. The van der Waals surface area contributed by atoms with Gasteiger partial charge in [-0.25, -0.2) is 0 Å². The van der Waals surface area contributed by atoms with Gasteiger partial charge in [-0.3, -0.25) is 4.79 Å². The molecule has 4 heteroatoms. The molecule has 0 aromatic carbocycles. The number of nitrogens with zero attached hydrogens (tertiary/aromatic N) is 1. The number of carbonyl (C=O) groups excluding carboxylic acids is 1. The van der Waals surface area contributed by atoms with Crippen LogP contribution in [0.2, 0.25) is 0 Å². The van der Waals surface area contributed by atoms with Crippen LogP contribution in [0.15, 0.2) is 6.07 Å². The normalized spacial score (nSPS) is 30.8. The van der Waals surface area contributed by atoms with E-state index in [1.54, 1.807) is 11.3 Å². The molecule has 1 aromatic rings. The SMILES string of the molecule is Cc1cc(C(=O)N2CC3CCC(O)C3C2)c(C)s1. The second kappa shape index (κ2) is 4.35. The van der Waals surface area contributed by atoms with Gasteiger partial charge < -0.3 is 10.0 Å². The van der Waals surface area contributed by atoms with Gasteiger partial charge in [0.05, 0.1) is 11.7 Å². The predicted octanol–water partition coefficient (Wildman–Crippen LogP) is 2.21. The van der Waals surface area contributed by atoms with Crippen LogP contribution in [0.3, 0.4) is 0 Å². The zero-order valence-corrected chi connectivity index (χ0v) is 11.7. The Kier molecular flexibility index (Phi) is 2.94. The molecule has 98 valence electrons. The van der Waals surface area contributed by atoms with Crippen molar-refractivity contribution in [3.05, 3.63) is 21.4 Å². The molecular formula is C14H19NO2S. The number of likely N-dealkylation sites (tertiary alicyclic amines) is 1. The third-order valence-electron chi connectivity index (χ3n) is 4.38. The van der Waals surface area contributed by atoms with Gasteiger partial charge >= 0.3 is 0 Å². The monoisotopic (exact) mass is 265 g/mol. The third kappa shape index (κ3) is 1.88.